The van der Waals surface area contributed by atoms with Gasteiger partial charge in [0.1, 0.15) is 0 Å². The van der Waals surface area contributed by atoms with Crippen LogP contribution in [0.5, 0.6) is 0 Å². The van der Waals surface area contributed by atoms with Gasteiger partial charge in [0.2, 0.25) is 0 Å². The zero-order valence-corrected chi connectivity index (χ0v) is 14.2. The smallest absolute Gasteiger partial charge is 0.0381 e. The van der Waals surface area contributed by atoms with Gasteiger partial charge in [0, 0.05) is 22.0 Å². The molecular weight excluding hydrogens is 284 g/mol. The summed E-state index contributed by atoms with van der Waals surface area (Å²) in [4.78, 5) is 1.46. The zero-order chi connectivity index (χ0) is 15.3. The highest BCUT2D eigenvalue weighted by Gasteiger charge is 2.34. The topological polar surface area (TPSA) is 0 Å². The average molecular weight is 306 g/mol. The Labute approximate surface area is 137 Å². The first-order valence-corrected chi connectivity index (χ1v) is 9.03. The van der Waals surface area contributed by atoms with E-state index in [1.54, 1.807) is 0 Å². The van der Waals surface area contributed by atoms with Gasteiger partial charge in [-0.15, -0.1) is 11.8 Å². The Balaban J connectivity index is 1.70. The van der Waals surface area contributed by atoms with Crippen molar-refractivity contribution in [2.24, 2.45) is 11.8 Å². The highest BCUT2D eigenvalue weighted by atomic mass is 32.2. The van der Waals surface area contributed by atoms with Crippen molar-refractivity contribution >= 4 is 11.8 Å². The SMILES string of the molecule is CC1=CC=CC(C2=CC3c4cc(C)ccc4SC3C=C2)C1C. The van der Waals surface area contributed by atoms with E-state index in [2.05, 4.69) is 75.4 Å². The molecule has 0 amide bonds. The summed E-state index contributed by atoms with van der Waals surface area (Å²) in [5, 5.41) is 0.583. The summed E-state index contributed by atoms with van der Waals surface area (Å²) >= 11 is 2.02. The van der Waals surface area contributed by atoms with E-state index >= 15 is 0 Å². The second kappa shape index (κ2) is 5.31. The maximum Gasteiger partial charge on any atom is 0.0381 e. The van der Waals surface area contributed by atoms with Crippen LogP contribution in [0.3, 0.4) is 0 Å². The molecule has 0 fully saturated rings. The lowest BCUT2D eigenvalue weighted by atomic mass is 9.76. The molecule has 3 aliphatic rings. The van der Waals surface area contributed by atoms with Crippen molar-refractivity contribution in [1.29, 1.82) is 0 Å². The Hall–Kier alpha value is -1.47. The maximum atomic E-state index is 2.53. The van der Waals surface area contributed by atoms with E-state index in [0.717, 1.165) is 0 Å². The van der Waals surface area contributed by atoms with Gasteiger partial charge in [-0.3, -0.25) is 0 Å². The summed E-state index contributed by atoms with van der Waals surface area (Å²) in [6.45, 7) is 6.80. The minimum atomic E-state index is 0.529. The Morgan fingerprint density at radius 2 is 1.91 bits per heavy atom. The number of hydrogen-bond donors (Lipinski definition) is 0. The number of rotatable bonds is 1. The third-order valence-electron chi connectivity index (χ3n) is 5.31. The van der Waals surface area contributed by atoms with Gasteiger partial charge in [-0.2, -0.15) is 0 Å². The fraction of sp³-hybridized carbons (Fsp3) is 0.333. The van der Waals surface area contributed by atoms with Gasteiger partial charge in [0.25, 0.3) is 0 Å². The van der Waals surface area contributed by atoms with Crippen LogP contribution in [0.15, 0.2) is 70.7 Å². The Morgan fingerprint density at radius 1 is 1.05 bits per heavy atom. The van der Waals surface area contributed by atoms with Crippen molar-refractivity contribution in [2.45, 2.75) is 36.8 Å². The highest BCUT2D eigenvalue weighted by Crippen LogP contribution is 2.50. The van der Waals surface area contributed by atoms with Gasteiger partial charge < -0.3 is 0 Å². The molecule has 1 aliphatic heterocycles. The van der Waals surface area contributed by atoms with Crippen molar-refractivity contribution in [3.05, 3.63) is 76.9 Å². The molecule has 0 nitrogen and oxygen atoms in total. The van der Waals surface area contributed by atoms with E-state index in [0.29, 0.717) is 23.0 Å². The van der Waals surface area contributed by atoms with E-state index in [1.807, 2.05) is 11.8 Å². The van der Waals surface area contributed by atoms with Gasteiger partial charge in [-0.25, -0.2) is 0 Å². The van der Waals surface area contributed by atoms with Gasteiger partial charge in [-0.1, -0.05) is 66.6 Å². The average Bonchev–Trinajstić information content (AvgIpc) is 2.87. The van der Waals surface area contributed by atoms with Crippen LogP contribution in [0.1, 0.15) is 30.9 Å². The van der Waals surface area contributed by atoms with Gasteiger partial charge >= 0.3 is 0 Å². The Kier molecular flexibility index (Phi) is 3.41. The molecule has 112 valence electrons. The van der Waals surface area contributed by atoms with E-state index in [9.17, 15) is 0 Å². The number of hydrogen-bond acceptors (Lipinski definition) is 1. The number of benzene rings is 1. The molecule has 0 saturated carbocycles. The molecule has 1 aromatic carbocycles. The molecule has 22 heavy (non-hydrogen) atoms. The van der Waals surface area contributed by atoms with Crippen molar-refractivity contribution in [2.75, 3.05) is 0 Å². The summed E-state index contributed by atoms with van der Waals surface area (Å²) in [6, 6.07) is 6.91. The van der Waals surface area contributed by atoms with E-state index in [4.69, 9.17) is 0 Å². The van der Waals surface area contributed by atoms with Crippen LogP contribution in [-0.2, 0) is 0 Å². The minimum absolute atomic E-state index is 0.529. The maximum absolute atomic E-state index is 2.53. The summed E-state index contributed by atoms with van der Waals surface area (Å²) in [6.07, 6.45) is 14.2. The number of thioether (sulfide) groups is 1. The van der Waals surface area contributed by atoms with Crippen LogP contribution >= 0.6 is 11.8 Å². The van der Waals surface area contributed by atoms with Gasteiger partial charge in [0.05, 0.1) is 0 Å². The van der Waals surface area contributed by atoms with Crippen LogP contribution in [0.2, 0.25) is 0 Å². The predicted molar refractivity (Wildman–Crippen MR) is 96.3 cm³/mol. The molecule has 0 N–H and O–H groups in total. The van der Waals surface area contributed by atoms with Crippen molar-refractivity contribution in [3.63, 3.8) is 0 Å². The Bertz CT molecular complexity index is 732. The summed E-state index contributed by atoms with van der Waals surface area (Å²) < 4.78 is 0. The molecule has 2 aliphatic carbocycles. The quantitative estimate of drug-likeness (QED) is 0.630. The fourth-order valence-electron chi connectivity index (χ4n) is 3.80. The van der Waals surface area contributed by atoms with Crippen LogP contribution in [-0.4, -0.2) is 5.25 Å². The minimum Gasteiger partial charge on any atom is -0.117 e. The first-order chi connectivity index (χ1) is 10.6. The molecule has 1 heterocycles. The molecule has 0 saturated heterocycles. The van der Waals surface area contributed by atoms with Crippen LogP contribution in [0.4, 0.5) is 0 Å². The number of aryl methyl sites for hydroxylation is 1. The molecule has 4 unspecified atom stereocenters. The second-order valence-electron chi connectivity index (χ2n) is 6.79. The predicted octanol–water partition coefficient (Wildman–Crippen LogP) is 5.82. The standard InChI is InChI=1S/C21H22S/c1-13-7-9-20-18(11-13)19-12-16(8-10-21(19)22-20)17-6-4-5-14(2)15(17)3/h4-12,15,17,19,21H,1-3H3. The molecule has 0 bridgehead atoms. The molecule has 4 atom stereocenters. The van der Waals surface area contributed by atoms with Crippen LogP contribution < -0.4 is 0 Å². The van der Waals surface area contributed by atoms with Crippen LogP contribution in [0.25, 0.3) is 0 Å². The van der Waals surface area contributed by atoms with E-state index in [-0.39, 0.29) is 0 Å². The lowest BCUT2D eigenvalue weighted by Crippen LogP contribution is -2.19. The normalized spacial score (nSPS) is 32.3. The molecule has 4 rings (SSSR count). The van der Waals surface area contributed by atoms with Crippen molar-refractivity contribution < 1.29 is 0 Å². The zero-order valence-electron chi connectivity index (χ0n) is 13.4. The van der Waals surface area contributed by atoms with Gasteiger partial charge in [0.15, 0.2) is 0 Å². The van der Waals surface area contributed by atoms with Gasteiger partial charge in [-0.05, 0) is 37.0 Å². The van der Waals surface area contributed by atoms with Crippen LogP contribution in [0, 0.1) is 18.8 Å². The monoisotopic (exact) mass is 306 g/mol. The molecule has 0 radical (unpaired) electrons. The summed E-state index contributed by atoms with van der Waals surface area (Å²) in [5.74, 6) is 1.68. The molecular formula is C21H22S. The molecule has 1 heteroatoms. The fourth-order valence-corrected chi connectivity index (χ4v) is 5.10. The largest absolute Gasteiger partial charge is 0.117 e. The Morgan fingerprint density at radius 3 is 2.77 bits per heavy atom. The third-order valence-corrected chi connectivity index (χ3v) is 6.66. The second-order valence-corrected chi connectivity index (χ2v) is 8.01. The highest BCUT2D eigenvalue weighted by molar-refractivity contribution is 8.00. The lowest BCUT2D eigenvalue weighted by molar-refractivity contribution is 0.548. The summed E-state index contributed by atoms with van der Waals surface area (Å²) in [5.41, 5.74) is 5.87. The van der Waals surface area contributed by atoms with E-state index < -0.39 is 0 Å². The first kappa shape index (κ1) is 14.1. The molecule has 0 spiro atoms. The van der Waals surface area contributed by atoms with Crippen molar-refractivity contribution in [1.82, 2.24) is 0 Å². The number of fused-ring (bicyclic) bond motifs is 3. The van der Waals surface area contributed by atoms with Crippen molar-refractivity contribution in [3.8, 4) is 0 Å². The molecule has 0 aromatic heterocycles. The number of allylic oxidation sites excluding steroid dienone is 7. The molecule has 1 aromatic rings. The summed E-state index contributed by atoms with van der Waals surface area (Å²) in [7, 11) is 0. The first-order valence-electron chi connectivity index (χ1n) is 8.15. The lowest BCUT2D eigenvalue weighted by Gasteiger charge is -2.29. The third kappa shape index (κ3) is 2.23. The van der Waals surface area contributed by atoms with E-state index in [1.165, 1.54) is 27.2 Å².